The number of ether oxygens (including phenoxy) is 2. The predicted octanol–water partition coefficient (Wildman–Crippen LogP) is 0.773. The summed E-state index contributed by atoms with van der Waals surface area (Å²) < 4.78 is 12.0. The minimum Gasteiger partial charge on any atom is -0.384 e. The van der Waals surface area contributed by atoms with Gasteiger partial charge in [-0.15, -0.1) is 5.10 Å². The van der Waals surface area contributed by atoms with Crippen molar-refractivity contribution in [2.75, 3.05) is 20.8 Å². The smallest absolute Gasteiger partial charge is 0.102 e. The molecule has 0 saturated heterocycles. The molecule has 0 saturated carbocycles. The van der Waals surface area contributed by atoms with Crippen LogP contribution in [0, 0.1) is 17.2 Å². The molecule has 1 aromatic rings. The van der Waals surface area contributed by atoms with E-state index >= 15 is 0 Å². The van der Waals surface area contributed by atoms with E-state index in [9.17, 15) is 0 Å². The Morgan fingerprint density at radius 3 is 2.76 bits per heavy atom. The second kappa shape index (κ2) is 6.99. The maximum Gasteiger partial charge on any atom is 0.102 e. The summed E-state index contributed by atoms with van der Waals surface area (Å²) in [5.41, 5.74) is 1.57. The van der Waals surface area contributed by atoms with Crippen LogP contribution in [0.1, 0.15) is 18.3 Å². The zero-order valence-corrected chi connectivity index (χ0v) is 10.5. The molecule has 0 aliphatic rings. The third-order valence-corrected chi connectivity index (χ3v) is 2.38. The Labute approximate surface area is 101 Å². The molecule has 1 unspecified atom stereocenters. The fraction of sp³-hybridized carbons (Fsp3) is 0.727. The molecule has 6 heteroatoms. The first-order valence-corrected chi connectivity index (χ1v) is 5.49. The van der Waals surface area contributed by atoms with Gasteiger partial charge in [-0.25, -0.2) is 4.68 Å². The summed E-state index contributed by atoms with van der Waals surface area (Å²) >= 11 is 0. The maximum absolute atomic E-state index is 8.70. The third kappa shape index (κ3) is 3.80. The topological polar surface area (TPSA) is 73.0 Å². The second-order valence-electron chi connectivity index (χ2n) is 3.99. The number of aromatic nitrogens is 3. The van der Waals surface area contributed by atoms with Crippen molar-refractivity contribution in [1.82, 2.24) is 15.0 Å². The number of rotatable bonds is 7. The van der Waals surface area contributed by atoms with E-state index in [2.05, 4.69) is 23.3 Å². The fourth-order valence-corrected chi connectivity index (χ4v) is 1.65. The molecule has 94 valence electrons. The van der Waals surface area contributed by atoms with Crippen LogP contribution in [0.15, 0.2) is 0 Å². The number of nitrogens with zero attached hydrogens (tertiary/aromatic N) is 4. The zero-order chi connectivity index (χ0) is 12.7. The van der Waals surface area contributed by atoms with Crippen LogP contribution in [0.3, 0.4) is 0 Å². The van der Waals surface area contributed by atoms with Crippen LogP contribution in [-0.4, -0.2) is 35.8 Å². The van der Waals surface area contributed by atoms with Crippen LogP contribution >= 0.6 is 0 Å². The summed E-state index contributed by atoms with van der Waals surface area (Å²) in [4.78, 5) is 0. The maximum atomic E-state index is 8.70. The van der Waals surface area contributed by atoms with Crippen LogP contribution in [0.25, 0.3) is 0 Å². The molecule has 0 N–H and O–H groups in total. The van der Waals surface area contributed by atoms with Crippen molar-refractivity contribution in [2.24, 2.45) is 5.92 Å². The quantitative estimate of drug-likeness (QED) is 0.701. The van der Waals surface area contributed by atoms with Gasteiger partial charge in [0, 0.05) is 20.8 Å². The van der Waals surface area contributed by atoms with Crippen molar-refractivity contribution in [3.8, 4) is 6.07 Å². The monoisotopic (exact) mass is 238 g/mol. The summed E-state index contributed by atoms with van der Waals surface area (Å²) in [6.07, 6.45) is 0.261. The molecule has 1 aromatic heterocycles. The predicted molar refractivity (Wildman–Crippen MR) is 61.1 cm³/mol. The minimum atomic E-state index is 0.261. The SMILES string of the molecule is COCc1c(CC#N)nnn1CC(C)COC. The summed E-state index contributed by atoms with van der Waals surface area (Å²) in [6, 6.07) is 2.08. The molecular weight excluding hydrogens is 220 g/mol. The van der Waals surface area contributed by atoms with Gasteiger partial charge in [0.25, 0.3) is 0 Å². The van der Waals surface area contributed by atoms with Gasteiger partial charge in [-0.3, -0.25) is 0 Å². The first-order chi connectivity index (χ1) is 8.22. The van der Waals surface area contributed by atoms with Gasteiger partial charge in [0.15, 0.2) is 0 Å². The highest BCUT2D eigenvalue weighted by Gasteiger charge is 2.14. The van der Waals surface area contributed by atoms with Crippen molar-refractivity contribution in [2.45, 2.75) is 26.5 Å². The van der Waals surface area contributed by atoms with Gasteiger partial charge in [0.2, 0.25) is 0 Å². The lowest BCUT2D eigenvalue weighted by molar-refractivity contribution is 0.143. The van der Waals surface area contributed by atoms with E-state index in [-0.39, 0.29) is 6.42 Å². The van der Waals surface area contributed by atoms with Gasteiger partial charge in [-0.05, 0) is 5.92 Å². The van der Waals surface area contributed by atoms with Crippen molar-refractivity contribution in [3.05, 3.63) is 11.4 Å². The third-order valence-electron chi connectivity index (χ3n) is 2.38. The van der Waals surface area contributed by atoms with E-state index in [4.69, 9.17) is 14.7 Å². The average Bonchev–Trinajstić information content (AvgIpc) is 2.64. The van der Waals surface area contributed by atoms with E-state index in [1.165, 1.54) is 0 Å². The summed E-state index contributed by atoms with van der Waals surface area (Å²) in [5, 5.41) is 16.8. The Morgan fingerprint density at radius 2 is 2.18 bits per heavy atom. The Hall–Kier alpha value is -1.45. The minimum absolute atomic E-state index is 0.261. The second-order valence-corrected chi connectivity index (χ2v) is 3.99. The molecule has 1 rings (SSSR count). The van der Waals surface area contributed by atoms with E-state index in [1.54, 1.807) is 18.9 Å². The van der Waals surface area contributed by atoms with E-state index in [1.807, 2.05) is 0 Å². The molecule has 1 heterocycles. The van der Waals surface area contributed by atoms with Crippen molar-refractivity contribution in [1.29, 1.82) is 5.26 Å². The highest BCUT2D eigenvalue weighted by molar-refractivity contribution is 5.13. The molecule has 0 aromatic carbocycles. The highest BCUT2D eigenvalue weighted by atomic mass is 16.5. The fourth-order valence-electron chi connectivity index (χ4n) is 1.65. The van der Waals surface area contributed by atoms with Gasteiger partial charge in [0.05, 0.1) is 31.4 Å². The Bertz CT molecular complexity index is 383. The van der Waals surface area contributed by atoms with Crippen molar-refractivity contribution < 1.29 is 9.47 Å². The average molecular weight is 238 g/mol. The van der Waals surface area contributed by atoms with E-state index < -0.39 is 0 Å². The number of methoxy groups -OCH3 is 2. The van der Waals surface area contributed by atoms with Gasteiger partial charge in [0.1, 0.15) is 5.69 Å². The van der Waals surface area contributed by atoms with E-state index in [0.29, 0.717) is 31.4 Å². The largest absolute Gasteiger partial charge is 0.384 e. The molecule has 0 amide bonds. The van der Waals surface area contributed by atoms with Gasteiger partial charge in [-0.2, -0.15) is 5.26 Å². The standard InChI is InChI=1S/C11H18N4O2/c1-9(7-16-2)6-15-11(8-17-3)10(4-5-12)13-14-15/h9H,4,6-8H2,1-3H3. The lowest BCUT2D eigenvalue weighted by atomic mass is 10.2. The highest BCUT2D eigenvalue weighted by Crippen LogP contribution is 2.10. The first kappa shape index (κ1) is 13.6. The summed E-state index contributed by atoms with van der Waals surface area (Å²) in [5.74, 6) is 0.340. The summed E-state index contributed by atoms with van der Waals surface area (Å²) in [7, 11) is 3.29. The molecule has 0 aliphatic carbocycles. The van der Waals surface area contributed by atoms with Crippen LogP contribution in [-0.2, 0) is 29.0 Å². The normalized spacial score (nSPS) is 12.4. The molecule has 0 aliphatic heterocycles. The van der Waals surface area contributed by atoms with E-state index in [0.717, 1.165) is 5.69 Å². The van der Waals surface area contributed by atoms with Gasteiger partial charge >= 0.3 is 0 Å². The molecule has 1 atom stereocenters. The molecule has 17 heavy (non-hydrogen) atoms. The lowest BCUT2D eigenvalue weighted by Crippen LogP contribution is -2.16. The Balaban J connectivity index is 2.80. The lowest BCUT2D eigenvalue weighted by Gasteiger charge is -2.12. The molecular formula is C11H18N4O2. The number of hydrogen-bond acceptors (Lipinski definition) is 5. The Kier molecular flexibility index (Phi) is 5.60. The van der Waals surface area contributed by atoms with Crippen LogP contribution < -0.4 is 0 Å². The van der Waals surface area contributed by atoms with Gasteiger partial charge in [-0.1, -0.05) is 12.1 Å². The van der Waals surface area contributed by atoms with Crippen LogP contribution in [0.5, 0.6) is 0 Å². The van der Waals surface area contributed by atoms with Crippen LogP contribution in [0.4, 0.5) is 0 Å². The number of hydrogen-bond donors (Lipinski definition) is 0. The number of nitriles is 1. The molecule has 0 radical (unpaired) electrons. The van der Waals surface area contributed by atoms with Crippen molar-refractivity contribution >= 4 is 0 Å². The Morgan fingerprint density at radius 1 is 1.41 bits per heavy atom. The van der Waals surface area contributed by atoms with Crippen molar-refractivity contribution in [3.63, 3.8) is 0 Å². The molecule has 6 nitrogen and oxygen atoms in total. The van der Waals surface area contributed by atoms with Crippen LogP contribution in [0.2, 0.25) is 0 Å². The summed E-state index contributed by atoms with van der Waals surface area (Å²) in [6.45, 7) is 3.88. The first-order valence-electron chi connectivity index (χ1n) is 5.49. The zero-order valence-electron chi connectivity index (χ0n) is 10.5. The molecule has 0 bridgehead atoms. The molecule has 0 spiro atoms. The molecule has 0 fully saturated rings. The van der Waals surface area contributed by atoms with Gasteiger partial charge < -0.3 is 9.47 Å².